The lowest BCUT2D eigenvalue weighted by Crippen LogP contribution is -2.45. The Hall–Kier alpha value is -2.77. The summed E-state index contributed by atoms with van der Waals surface area (Å²) in [4.78, 5) is 50.2. The number of nitro groups is 1. The number of amides is 3. The van der Waals surface area contributed by atoms with Gasteiger partial charge in [-0.1, -0.05) is 25.3 Å². The zero-order valence-electron chi connectivity index (χ0n) is 13.9. The van der Waals surface area contributed by atoms with Crippen molar-refractivity contribution in [2.24, 2.45) is 0 Å². The molecule has 0 spiro atoms. The van der Waals surface area contributed by atoms with Gasteiger partial charge in [0.25, 0.3) is 17.5 Å². The average molecular weight is 345 g/mol. The van der Waals surface area contributed by atoms with Gasteiger partial charge in [0.1, 0.15) is 12.1 Å². The number of nitrogens with zero attached hydrogens (tertiary/aromatic N) is 3. The molecule has 1 aromatic rings. The quantitative estimate of drug-likeness (QED) is 0.472. The number of rotatable bonds is 4. The number of hydrogen-bond acceptors (Lipinski definition) is 5. The highest BCUT2D eigenvalue weighted by atomic mass is 16.6. The maximum Gasteiger partial charge on any atom is 0.282 e. The van der Waals surface area contributed by atoms with Gasteiger partial charge < -0.3 is 4.90 Å². The number of imide groups is 1. The molecule has 1 aliphatic heterocycles. The van der Waals surface area contributed by atoms with E-state index in [4.69, 9.17) is 0 Å². The number of carbonyl (C=O) groups is 3. The molecule has 1 saturated carbocycles. The van der Waals surface area contributed by atoms with Crippen LogP contribution in [0, 0.1) is 10.1 Å². The molecular weight excluding hydrogens is 326 g/mol. The topological polar surface area (TPSA) is 101 Å². The standard InChI is InChI=1S/C17H19N3O5/c1-18(11-6-3-2-4-7-11)14(21)10-19-16(22)12-8-5-9-13(20(24)25)15(12)17(19)23/h5,8-9,11H,2-4,6-7,10H2,1H3. The van der Waals surface area contributed by atoms with E-state index < -0.39 is 29.0 Å². The van der Waals surface area contributed by atoms with Crippen molar-refractivity contribution in [1.29, 1.82) is 0 Å². The summed E-state index contributed by atoms with van der Waals surface area (Å²) in [6.07, 6.45) is 5.09. The van der Waals surface area contributed by atoms with E-state index in [1.165, 1.54) is 18.2 Å². The molecule has 1 fully saturated rings. The normalized spacial score (nSPS) is 17.6. The minimum atomic E-state index is -0.780. The Balaban J connectivity index is 1.79. The van der Waals surface area contributed by atoms with Crippen molar-refractivity contribution in [1.82, 2.24) is 9.80 Å². The molecule has 0 N–H and O–H groups in total. The Labute approximate surface area is 144 Å². The molecule has 0 radical (unpaired) electrons. The van der Waals surface area contributed by atoms with Crippen LogP contribution in [-0.2, 0) is 4.79 Å². The number of nitro benzene ring substituents is 1. The molecule has 1 aliphatic carbocycles. The number of fused-ring (bicyclic) bond motifs is 1. The molecule has 8 heteroatoms. The van der Waals surface area contributed by atoms with Crippen LogP contribution in [0.4, 0.5) is 5.69 Å². The highest BCUT2D eigenvalue weighted by Gasteiger charge is 2.42. The Morgan fingerprint density at radius 2 is 1.92 bits per heavy atom. The van der Waals surface area contributed by atoms with Crippen molar-refractivity contribution in [2.45, 2.75) is 38.1 Å². The summed E-state index contributed by atoms with van der Waals surface area (Å²) in [6.45, 7) is -0.392. The van der Waals surface area contributed by atoms with Gasteiger partial charge in [-0.2, -0.15) is 0 Å². The molecule has 0 bridgehead atoms. The van der Waals surface area contributed by atoms with Crippen molar-refractivity contribution < 1.29 is 19.3 Å². The van der Waals surface area contributed by atoms with E-state index in [0.717, 1.165) is 37.0 Å². The molecule has 0 saturated heterocycles. The van der Waals surface area contributed by atoms with Crippen molar-refractivity contribution in [3.05, 3.63) is 39.4 Å². The van der Waals surface area contributed by atoms with Crippen LogP contribution in [0.5, 0.6) is 0 Å². The van der Waals surface area contributed by atoms with Gasteiger partial charge in [-0.3, -0.25) is 29.4 Å². The van der Waals surface area contributed by atoms with Crippen molar-refractivity contribution >= 4 is 23.4 Å². The average Bonchev–Trinajstić information content (AvgIpc) is 2.86. The first-order valence-electron chi connectivity index (χ1n) is 8.31. The van der Waals surface area contributed by atoms with E-state index in [2.05, 4.69) is 0 Å². The first-order chi connectivity index (χ1) is 11.9. The smallest absolute Gasteiger partial charge is 0.282 e. The third kappa shape index (κ3) is 2.99. The molecule has 2 aliphatic rings. The predicted molar refractivity (Wildman–Crippen MR) is 88.1 cm³/mol. The molecule has 0 atom stereocenters. The second-order valence-corrected chi connectivity index (χ2v) is 6.45. The van der Waals surface area contributed by atoms with E-state index in [1.807, 2.05) is 0 Å². The molecular formula is C17H19N3O5. The molecule has 132 valence electrons. The third-order valence-corrected chi connectivity index (χ3v) is 4.98. The van der Waals surface area contributed by atoms with Gasteiger partial charge in [0.2, 0.25) is 5.91 Å². The van der Waals surface area contributed by atoms with Crippen LogP contribution in [0.3, 0.4) is 0 Å². The molecule has 1 heterocycles. The van der Waals surface area contributed by atoms with Gasteiger partial charge in [0.05, 0.1) is 10.5 Å². The van der Waals surface area contributed by atoms with Crippen LogP contribution in [0.1, 0.15) is 52.8 Å². The van der Waals surface area contributed by atoms with E-state index in [0.29, 0.717) is 0 Å². The van der Waals surface area contributed by atoms with Gasteiger partial charge in [-0.05, 0) is 18.9 Å². The molecule has 8 nitrogen and oxygen atoms in total. The molecule has 3 amide bonds. The lowest BCUT2D eigenvalue weighted by atomic mass is 9.94. The lowest BCUT2D eigenvalue weighted by molar-refractivity contribution is -0.385. The highest BCUT2D eigenvalue weighted by molar-refractivity contribution is 6.24. The summed E-state index contributed by atoms with van der Waals surface area (Å²) in [5.41, 5.74) is -0.663. The van der Waals surface area contributed by atoms with Crippen molar-refractivity contribution in [2.75, 3.05) is 13.6 Å². The Morgan fingerprint density at radius 1 is 1.24 bits per heavy atom. The number of carbonyl (C=O) groups excluding carboxylic acids is 3. The Bertz CT molecular complexity index is 755. The second-order valence-electron chi connectivity index (χ2n) is 6.45. The minimum absolute atomic E-state index is 0.0210. The molecule has 1 aromatic carbocycles. The van der Waals surface area contributed by atoms with Gasteiger partial charge in [-0.15, -0.1) is 0 Å². The first-order valence-corrected chi connectivity index (χ1v) is 8.31. The number of benzene rings is 1. The summed E-state index contributed by atoms with van der Waals surface area (Å²) in [6, 6.07) is 4.04. The summed E-state index contributed by atoms with van der Waals surface area (Å²) in [5, 5.41) is 11.1. The van der Waals surface area contributed by atoms with Crippen LogP contribution in [-0.4, -0.2) is 52.1 Å². The predicted octanol–water partition coefficient (Wildman–Crippen LogP) is 1.98. The van der Waals surface area contributed by atoms with Crippen molar-refractivity contribution in [3.8, 4) is 0 Å². The Morgan fingerprint density at radius 3 is 2.56 bits per heavy atom. The third-order valence-electron chi connectivity index (χ3n) is 4.98. The van der Waals surface area contributed by atoms with Crippen LogP contribution < -0.4 is 0 Å². The summed E-state index contributed by atoms with van der Waals surface area (Å²) in [7, 11) is 1.68. The maximum atomic E-state index is 12.5. The fraction of sp³-hybridized carbons (Fsp3) is 0.471. The minimum Gasteiger partial charge on any atom is -0.341 e. The number of likely N-dealkylation sites (N-methyl/N-ethyl adjacent to an activating group) is 1. The van der Waals surface area contributed by atoms with Crippen LogP contribution in [0.25, 0.3) is 0 Å². The molecule has 0 unspecified atom stereocenters. The molecule has 25 heavy (non-hydrogen) atoms. The van der Waals surface area contributed by atoms with E-state index >= 15 is 0 Å². The van der Waals surface area contributed by atoms with Gasteiger partial charge in [0, 0.05) is 19.2 Å². The summed E-state index contributed by atoms with van der Waals surface area (Å²) < 4.78 is 0. The SMILES string of the molecule is CN(C(=O)CN1C(=O)c2cccc([N+](=O)[O-])c2C1=O)C1CCCCC1. The van der Waals surface area contributed by atoms with Gasteiger partial charge in [-0.25, -0.2) is 0 Å². The fourth-order valence-corrected chi connectivity index (χ4v) is 3.53. The monoisotopic (exact) mass is 345 g/mol. The van der Waals surface area contributed by atoms with E-state index in [1.54, 1.807) is 11.9 Å². The lowest BCUT2D eigenvalue weighted by Gasteiger charge is -2.32. The van der Waals surface area contributed by atoms with Crippen LogP contribution in [0.2, 0.25) is 0 Å². The zero-order valence-corrected chi connectivity index (χ0v) is 13.9. The van der Waals surface area contributed by atoms with E-state index in [-0.39, 0.29) is 23.1 Å². The van der Waals surface area contributed by atoms with Gasteiger partial charge in [0.15, 0.2) is 0 Å². The zero-order chi connectivity index (χ0) is 18.1. The molecule has 3 rings (SSSR count). The highest BCUT2D eigenvalue weighted by Crippen LogP contribution is 2.31. The maximum absolute atomic E-state index is 12.5. The Kier molecular flexibility index (Phi) is 4.52. The van der Waals surface area contributed by atoms with Crippen LogP contribution in [0.15, 0.2) is 18.2 Å². The first kappa shape index (κ1) is 17.1. The second kappa shape index (κ2) is 6.62. The fourth-order valence-electron chi connectivity index (χ4n) is 3.53. The largest absolute Gasteiger partial charge is 0.341 e. The van der Waals surface area contributed by atoms with Crippen LogP contribution >= 0.6 is 0 Å². The number of hydrogen-bond donors (Lipinski definition) is 0. The summed E-state index contributed by atoms with van der Waals surface area (Å²) >= 11 is 0. The van der Waals surface area contributed by atoms with E-state index in [9.17, 15) is 24.5 Å². The van der Waals surface area contributed by atoms with Gasteiger partial charge >= 0.3 is 0 Å². The van der Waals surface area contributed by atoms with Crippen molar-refractivity contribution in [3.63, 3.8) is 0 Å². The molecule has 0 aromatic heterocycles. The summed E-state index contributed by atoms with van der Waals surface area (Å²) in [5.74, 6) is -1.77.